The minimum absolute atomic E-state index is 0.00478. The summed E-state index contributed by atoms with van der Waals surface area (Å²) in [7, 11) is 0. The highest BCUT2D eigenvalue weighted by molar-refractivity contribution is 5.93. The number of rotatable bonds is 4. The van der Waals surface area contributed by atoms with Gasteiger partial charge in [0.05, 0.1) is 10.6 Å². The van der Waals surface area contributed by atoms with E-state index in [0.717, 1.165) is 11.5 Å². The summed E-state index contributed by atoms with van der Waals surface area (Å²) in [6.07, 6.45) is 5.69. The summed E-state index contributed by atoms with van der Waals surface area (Å²) in [6.45, 7) is 0.486. The molecule has 7 nitrogen and oxygen atoms in total. The molecular formula is C14H13N5O2. The van der Waals surface area contributed by atoms with E-state index in [1.54, 1.807) is 24.5 Å². The summed E-state index contributed by atoms with van der Waals surface area (Å²) < 4.78 is 1.89. The van der Waals surface area contributed by atoms with E-state index < -0.39 is 4.92 Å². The predicted molar refractivity (Wildman–Crippen MR) is 78.3 cm³/mol. The standard InChI is InChI=1S/C14H13N5O2/c15-6-5-13-16-8-9-18(13)11-3-4-12(19(20)21)14-10(11)2-1-7-17-14/h1-4,7-9H,5-6,15H2. The van der Waals surface area contributed by atoms with Gasteiger partial charge in [0.1, 0.15) is 11.3 Å². The number of pyridine rings is 1. The molecule has 0 radical (unpaired) electrons. The van der Waals surface area contributed by atoms with Gasteiger partial charge in [-0.3, -0.25) is 10.1 Å². The van der Waals surface area contributed by atoms with Crippen molar-refractivity contribution < 1.29 is 4.92 Å². The van der Waals surface area contributed by atoms with Crippen molar-refractivity contribution in [3.8, 4) is 5.69 Å². The Morgan fingerprint density at radius 2 is 2.10 bits per heavy atom. The fraction of sp³-hybridized carbons (Fsp3) is 0.143. The lowest BCUT2D eigenvalue weighted by atomic mass is 10.1. The summed E-state index contributed by atoms with van der Waals surface area (Å²) in [5.74, 6) is 0.816. The van der Waals surface area contributed by atoms with Crippen LogP contribution in [-0.4, -0.2) is 26.0 Å². The van der Waals surface area contributed by atoms with Crippen LogP contribution in [0.1, 0.15) is 5.82 Å². The Hall–Kier alpha value is -2.80. The van der Waals surface area contributed by atoms with E-state index >= 15 is 0 Å². The first kappa shape index (κ1) is 13.2. The maximum Gasteiger partial charge on any atom is 0.295 e. The van der Waals surface area contributed by atoms with Crippen LogP contribution >= 0.6 is 0 Å². The maximum atomic E-state index is 11.1. The van der Waals surface area contributed by atoms with Crippen LogP contribution in [-0.2, 0) is 6.42 Å². The number of nitrogens with two attached hydrogens (primary N) is 1. The van der Waals surface area contributed by atoms with Gasteiger partial charge in [-0.2, -0.15) is 0 Å². The molecule has 21 heavy (non-hydrogen) atoms. The van der Waals surface area contributed by atoms with Gasteiger partial charge in [0, 0.05) is 36.5 Å². The molecule has 2 aromatic heterocycles. The summed E-state index contributed by atoms with van der Waals surface area (Å²) in [4.78, 5) is 19.1. The highest BCUT2D eigenvalue weighted by Crippen LogP contribution is 2.29. The minimum atomic E-state index is -0.423. The van der Waals surface area contributed by atoms with E-state index in [2.05, 4.69) is 9.97 Å². The van der Waals surface area contributed by atoms with E-state index in [9.17, 15) is 10.1 Å². The van der Waals surface area contributed by atoms with Crippen LogP contribution in [0.15, 0.2) is 42.9 Å². The lowest BCUT2D eigenvalue weighted by Gasteiger charge is -2.10. The quantitative estimate of drug-likeness (QED) is 0.581. The van der Waals surface area contributed by atoms with E-state index in [0.29, 0.717) is 23.9 Å². The molecule has 2 heterocycles. The first-order chi connectivity index (χ1) is 10.2. The topological polar surface area (TPSA) is 99.9 Å². The minimum Gasteiger partial charge on any atom is -0.330 e. The van der Waals surface area contributed by atoms with Crippen LogP contribution in [0.3, 0.4) is 0 Å². The maximum absolute atomic E-state index is 11.1. The Kier molecular flexibility index (Phi) is 3.33. The molecule has 0 aliphatic carbocycles. The second-order valence-corrected chi connectivity index (χ2v) is 4.51. The normalized spacial score (nSPS) is 10.9. The van der Waals surface area contributed by atoms with Crippen molar-refractivity contribution in [1.29, 1.82) is 0 Å². The Labute approximate surface area is 120 Å². The summed E-state index contributed by atoms with van der Waals surface area (Å²) >= 11 is 0. The molecule has 0 aliphatic rings. The van der Waals surface area contributed by atoms with Crippen molar-refractivity contribution in [3.05, 3.63) is 58.8 Å². The Morgan fingerprint density at radius 1 is 1.24 bits per heavy atom. The molecule has 0 atom stereocenters. The van der Waals surface area contributed by atoms with Gasteiger partial charge in [-0.05, 0) is 24.7 Å². The van der Waals surface area contributed by atoms with Gasteiger partial charge >= 0.3 is 0 Å². The average Bonchev–Trinajstić information content (AvgIpc) is 2.94. The van der Waals surface area contributed by atoms with Crippen LogP contribution in [0.4, 0.5) is 5.69 Å². The Balaban J connectivity index is 2.27. The number of fused-ring (bicyclic) bond motifs is 1. The zero-order chi connectivity index (χ0) is 14.8. The monoisotopic (exact) mass is 283 g/mol. The molecular weight excluding hydrogens is 270 g/mol. The van der Waals surface area contributed by atoms with Crippen molar-refractivity contribution in [2.24, 2.45) is 5.73 Å². The van der Waals surface area contributed by atoms with Crippen LogP contribution < -0.4 is 5.73 Å². The Morgan fingerprint density at radius 3 is 2.86 bits per heavy atom. The van der Waals surface area contributed by atoms with Crippen LogP contribution in [0.2, 0.25) is 0 Å². The van der Waals surface area contributed by atoms with Crippen molar-refractivity contribution in [1.82, 2.24) is 14.5 Å². The van der Waals surface area contributed by atoms with Gasteiger partial charge in [-0.1, -0.05) is 0 Å². The largest absolute Gasteiger partial charge is 0.330 e. The van der Waals surface area contributed by atoms with Gasteiger partial charge < -0.3 is 10.3 Å². The third kappa shape index (κ3) is 2.23. The van der Waals surface area contributed by atoms with E-state index in [-0.39, 0.29) is 5.69 Å². The molecule has 2 N–H and O–H groups in total. The summed E-state index contributed by atoms with van der Waals surface area (Å²) in [6, 6.07) is 6.76. The number of nitro groups is 1. The molecule has 7 heteroatoms. The zero-order valence-electron chi connectivity index (χ0n) is 11.1. The highest BCUT2D eigenvalue weighted by atomic mass is 16.6. The molecule has 0 saturated carbocycles. The third-order valence-electron chi connectivity index (χ3n) is 3.27. The fourth-order valence-electron chi connectivity index (χ4n) is 2.37. The second kappa shape index (κ2) is 5.29. The number of benzene rings is 1. The van der Waals surface area contributed by atoms with E-state index in [4.69, 9.17) is 5.73 Å². The van der Waals surface area contributed by atoms with Crippen molar-refractivity contribution >= 4 is 16.6 Å². The van der Waals surface area contributed by atoms with Gasteiger partial charge in [-0.15, -0.1) is 0 Å². The second-order valence-electron chi connectivity index (χ2n) is 4.51. The summed E-state index contributed by atoms with van der Waals surface area (Å²) in [5.41, 5.74) is 6.76. The first-order valence-electron chi connectivity index (χ1n) is 6.47. The van der Waals surface area contributed by atoms with Crippen LogP contribution in [0, 0.1) is 10.1 Å². The molecule has 3 rings (SSSR count). The average molecular weight is 283 g/mol. The highest BCUT2D eigenvalue weighted by Gasteiger charge is 2.17. The van der Waals surface area contributed by atoms with Gasteiger partial charge in [0.15, 0.2) is 0 Å². The van der Waals surface area contributed by atoms with Crippen molar-refractivity contribution in [3.63, 3.8) is 0 Å². The molecule has 0 saturated heterocycles. The molecule has 3 aromatic rings. The number of hydrogen-bond acceptors (Lipinski definition) is 5. The fourth-order valence-corrected chi connectivity index (χ4v) is 2.37. The number of nitrogens with zero attached hydrogens (tertiary/aromatic N) is 4. The van der Waals surface area contributed by atoms with E-state index in [1.807, 2.05) is 16.8 Å². The smallest absolute Gasteiger partial charge is 0.295 e. The van der Waals surface area contributed by atoms with Crippen molar-refractivity contribution in [2.75, 3.05) is 6.54 Å². The van der Waals surface area contributed by atoms with Crippen LogP contribution in [0.25, 0.3) is 16.6 Å². The van der Waals surface area contributed by atoms with Gasteiger partial charge in [-0.25, -0.2) is 9.97 Å². The van der Waals surface area contributed by atoms with Crippen molar-refractivity contribution in [2.45, 2.75) is 6.42 Å². The van der Waals surface area contributed by atoms with E-state index in [1.165, 1.54) is 6.07 Å². The molecule has 1 aromatic carbocycles. The number of non-ortho nitro benzene ring substituents is 1. The zero-order valence-corrected chi connectivity index (χ0v) is 11.1. The molecule has 0 unspecified atom stereocenters. The van der Waals surface area contributed by atoms with Crippen LogP contribution in [0.5, 0.6) is 0 Å². The lowest BCUT2D eigenvalue weighted by molar-refractivity contribution is -0.383. The summed E-state index contributed by atoms with van der Waals surface area (Å²) in [5, 5.41) is 11.8. The molecule has 0 fully saturated rings. The number of hydrogen-bond donors (Lipinski definition) is 1. The predicted octanol–water partition coefficient (Wildman–Crippen LogP) is 1.83. The van der Waals surface area contributed by atoms with Gasteiger partial charge in [0.2, 0.25) is 0 Å². The number of aromatic nitrogens is 3. The molecule has 0 aliphatic heterocycles. The first-order valence-corrected chi connectivity index (χ1v) is 6.47. The Bertz CT molecular complexity index is 812. The molecule has 0 bridgehead atoms. The molecule has 0 spiro atoms. The third-order valence-corrected chi connectivity index (χ3v) is 3.27. The lowest BCUT2D eigenvalue weighted by Crippen LogP contribution is -2.09. The molecule has 0 amide bonds. The number of imidazole rings is 1. The SMILES string of the molecule is NCCc1nccn1-c1ccc([N+](=O)[O-])c2ncccc12. The molecule has 106 valence electrons. The van der Waals surface area contributed by atoms with Gasteiger partial charge in [0.25, 0.3) is 5.69 Å². The number of nitro benzene ring substituents is 1.